The molecule has 2 unspecified atom stereocenters. The summed E-state index contributed by atoms with van der Waals surface area (Å²) in [6.45, 7) is 4.07. The first-order valence-corrected chi connectivity index (χ1v) is 6.19. The van der Waals surface area contributed by atoms with Crippen molar-refractivity contribution in [3.8, 4) is 0 Å². The molecular weight excluding hydrogens is 234 g/mol. The Hall–Kier alpha value is -0.230. The molecule has 2 rings (SSSR count). The smallest absolute Gasteiger partial charge is 0.138 e. The Balaban J connectivity index is 2.03. The molecule has 84 valence electrons. The highest BCUT2D eigenvalue weighted by Crippen LogP contribution is 2.27. The van der Waals surface area contributed by atoms with Crippen LogP contribution in [0.15, 0.2) is 0 Å². The van der Waals surface area contributed by atoms with Crippen molar-refractivity contribution in [2.45, 2.75) is 25.9 Å². The maximum Gasteiger partial charge on any atom is 0.138 e. The molecule has 2 atom stereocenters. The molecule has 0 spiro atoms. The van der Waals surface area contributed by atoms with Crippen molar-refractivity contribution in [2.75, 3.05) is 13.2 Å². The summed E-state index contributed by atoms with van der Waals surface area (Å²) < 4.78 is 4.46. The summed E-state index contributed by atoms with van der Waals surface area (Å²) in [4.78, 5) is 2.23. The normalized spacial score (nSPS) is 27.4. The number of hydrogen-bond acceptors (Lipinski definition) is 5. The molecule has 4 nitrogen and oxygen atoms in total. The molecule has 1 aromatic heterocycles. The van der Waals surface area contributed by atoms with Gasteiger partial charge in [-0.2, -0.15) is 0 Å². The van der Waals surface area contributed by atoms with Crippen LogP contribution >= 0.6 is 23.1 Å². The van der Waals surface area contributed by atoms with Gasteiger partial charge < -0.3 is 5.11 Å². The number of hydrogen-bond donors (Lipinski definition) is 1. The summed E-state index contributed by atoms with van der Waals surface area (Å²) in [5.74, 6) is 0.542. The lowest BCUT2D eigenvalue weighted by molar-refractivity contribution is 0.133. The van der Waals surface area contributed by atoms with E-state index in [1.807, 2.05) is 0 Å². The third kappa shape index (κ3) is 2.30. The van der Waals surface area contributed by atoms with E-state index in [1.54, 1.807) is 0 Å². The summed E-state index contributed by atoms with van der Waals surface area (Å²) in [5, 5.41) is 13.3. The minimum absolute atomic E-state index is 0.205. The van der Waals surface area contributed by atoms with Crippen LogP contribution in [0.5, 0.6) is 0 Å². The van der Waals surface area contributed by atoms with E-state index in [-0.39, 0.29) is 12.6 Å². The highest BCUT2D eigenvalue weighted by Gasteiger charge is 2.31. The average Bonchev–Trinajstić information content (AvgIpc) is 2.76. The molecule has 15 heavy (non-hydrogen) atoms. The van der Waals surface area contributed by atoms with E-state index in [0.717, 1.165) is 18.7 Å². The molecule has 1 fully saturated rings. The van der Waals surface area contributed by atoms with E-state index in [0.29, 0.717) is 16.8 Å². The number of nitrogens with zero attached hydrogens (tertiary/aromatic N) is 3. The van der Waals surface area contributed by atoms with Crippen LogP contribution in [0.2, 0.25) is 4.34 Å². The summed E-state index contributed by atoms with van der Waals surface area (Å²) in [6.07, 6.45) is 1.13. The Morgan fingerprint density at radius 2 is 2.47 bits per heavy atom. The van der Waals surface area contributed by atoms with Crippen LogP contribution in [0.1, 0.15) is 19.0 Å². The standard InChI is InChI=1S/C9H14ClN3OS/c1-6-2-3-13(8(6)5-14)4-7-9(10)15-12-11-7/h6,8,14H,2-5H2,1H3. The Bertz CT molecular complexity index is 333. The maximum atomic E-state index is 9.30. The lowest BCUT2D eigenvalue weighted by atomic mass is 10.0. The zero-order valence-corrected chi connectivity index (χ0v) is 10.1. The zero-order chi connectivity index (χ0) is 10.8. The first-order valence-electron chi connectivity index (χ1n) is 5.04. The number of halogens is 1. The van der Waals surface area contributed by atoms with Gasteiger partial charge in [-0.25, -0.2) is 0 Å². The third-order valence-electron chi connectivity index (χ3n) is 3.05. The lowest BCUT2D eigenvalue weighted by Crippen LogP contribution is -2.34. The SMILES string of the molecule is CC1CCN(Cc2nnsc2Cl)C1CO. The fourth-order valence-electron chi connectivity index (χ4n) is 2.06. The second-order valence-corrected chi connectivity index (χ2v) is 5.34. The highest BCUT2D eigenvalue weighted by atomic mass is 35.5. The number of aliphatic hydroxyl groups excluding tert-OH is 1. The summed E-state index contributed by atoms with van der Waals surface area (Å²) in [6, 6.07) is 0.239. The molecule has 1 aliphatic rings. The molecule has 2 heterocycles. The molecule has 0 saturated carbocycles. The van der Waals surface area contributed by atoms with Gasteiger partial charge in [-0.05, 0) is 18.9 Å². The van der Waals surface area contributed by atoms with Crippen molar-refractivity contribution in [2.24, 2.45) is 5.92 Å². The minimum atomic E-state index is 0.205. The molecule has 0 aromatic carbocycles. The van der Waals surface area contributed by atoms with Crippen molar-refractivity contribution in [3.05, 3.63) is 10.0 Å². The second-order valence-electron chi connectivity index (χ2n) is 3.98. The topological polar surface area (TPSA) is 49.2 Å². The first kappa shape index (κ1) is 11.3. The predicted molar refractivity (Wildman–Crippen MR) is 60.0 cm³/mol. The monoisotopic (exact) mass is 247 g/mol. The predicted octanol–water partition coefficient (Wildman–Crippen LogP) is 1.39. The van der Waals surface area contributed by atoms with Crippen LogP contribution in [-0.4, -0.2) is 38.8 Å². The molecule has 0 aliphatic carbocycles. The van der Waals surface area contributed by atoms with Crippen molar-refractivity contribution in [1.82, 2.24) is 14.5 Å². The van der Waals surface area contributed by atoms with Crippen LogP contribution in [-0.2, 0) is 6.54 Å². The van der Waals surface area contributed by atoms with Gasteiger partial charge in [0.25, 0.3) is 0 Å². The molecule has 1 aromatic rings. The Morgan fingerprint density at radius 1 is 1.67 bits per heavy atom. The van der Waals surface area contributed by atoms with Gasteiger partial charge in [0, 0.05) is 24.1 Å². The molecule has 6 heteroatoms. The highest BCUT2D eigenvalue weighted by molar-refractivity contribution is 7.10. The number of aromatic nitrogens is 2. The van der Waals surface area contributed by atoms with Crippen LogP contribution in [0.25, 0.3) is 0 Å². The van der Waals surface area contributed by atoms with Crippen LogP contribution in [0, 0.1) is 5.92 Å². The van der Waals surface area contributed by atoms with E-state index < -0.39 is 0 Å². The zero-order valence-electron chi connectivity index (χ0n) is 8.56. The number of aliphatic hydroxyl groups is 1. The maximum absolute atomic E-state index is 9.30. The van der Waals surface area contributed by atoms with Gasteiger partial charge in [-0.3, -0.25) is 4.90 Å². The largest absolute Gasteiger partial charge is 0.395 e. The van der Waals surface area contributed by atoms with Crippen molar-refractivity contribution in [1.29, 1.82) is 0 Å². The van der Waals surface area contributed by atoms with Crippen LogP contribution in [0.3, 0.4) is 0 Å². The Morgan fingerprint density at radius 3 is 3.07 bits per heavy atom. The molecule has 1 N–H and O–H groups in total. The van der Waals surface area contributed by atoms with Gasteiger partial charge in [0.2, 0.25) is 0 Å². The van der Waals surface area contributed by atoms with E-state index in [2.05, 4.69) is 21.4 Å². The van der Waals surface area contributed by atoms with Gasteiger partial charge in [0.15, 0.2) is 0 Å². The molecule has 0 amide bonds. The fraction of sp³-hybridized carbons (Fsp3) is 0.778. The van der Waals surface area contributed by atoms with Crippen molar-refractivity contribution in [3.63, 3.8) is 0 Å². The van der Waals surface area contributed by atoms with Crippen LogP contribution < -0.4 is 0 Å². The molecule has 1 saturated heterocycles. The second kappa shape index (κ2) is 4.74. The molecule has 0 bridgehead atoms. The molecular formula is C9H14ClN3OS. The minimum Gasteiger partial charge on any atom is -0.395 e. The molecule has 1 aliphatic heterocycles. The van der Waals surface area contributed by atoms with Crippen LogP contribution in [0.4, 0.5) is 0 Å². The quantitative estimate of drug-likeness (QED) is 0.877. The summed E-state index contributed by atoms with van der Waals surface area (Å²) in [5.41, 5.74) is 0.828. The summed E-state index contributed by atoms with van der Waals surface area (Å²) >= 11 is 7.16. The van der Waals surface area contributed by atoms with Gasteiger partial charge in [0.1, 0.15) is 10.0 Å². The van der Waals surface area contributed by atoms with Gasteiger partial charge in [-0.15, -0.1) is 5.10 Å². The third-order valence-corrected chi connectivity index (χ3v) is 4.03. The lowest BCUT2D eigenvalue weighted by Gasteiger charge is -2.23. The average molecular weight is 248 g/mol. The van der Waals surface area contributed by atoms with Crippen molar-refractivity contribution >= 4 is 23.1 Å². The van der Waals surface area contributed by atoms with E-state index in [1.165, 1.54) is 11.5 Å². The Labute approximate surface area is 98.0 Å². The van der Waals surface area contributed by atoms with Gasteiger partial charge in [0.05, 0.1) is 6.61 Å². The van der Waals surface area contributed by atoms with Gasteiger partial charge in [-0.1, -0.05) is 23.0 Å². The number of likely N-dealkylation sites (tertiary alicyclic amines) is 1. The van der Waals surface area contributed by atoms with E-state index in [9.17, 15) is 5.11 Å². The van der Waals surface area contributed by atoms with Gasteiger partial charge >= 0.3 is 0 Å². The first-order chi connectivity index (χ1) is 7.22. The number of rotatable bonds is 3. The molecule has 0 radical (unpaired) electrons. The fourth-order valence-corrected chi connectivity index (χ4v) is 2.67. The van der Waals surface area contributed by atoms with E-state index in [4.69, 9.17) is 11.6 Å². The summed E-state index contributed by atoms with van der Waals surface area (Å²) in [7, 11) is 0. The van der Waals surface area contributed by atoms with E-state index >= 15 is 0 Å². The Kier molecular flexibility index (Phi) is 3.56. The van der Waals surface area contributed by atoms with Crippen molar-refractivity contribution < 1.29 is 5.11 Å².